The third-order valence-corrected chi connectivity index (χ3v) is 4.52. The van der Waals surface area contributed by atoms with E-state index in [2.05, 4.69) is 0 Å². The number of aliphatic hydroxyl groups is 1. The molecular weight excluding hydrogens is 362 g/mol. The number of hydrogen-bond acceptors (Lipinski definition) is 5. The first-order valence-electron chi connectivity index (χ1n) is 8.77. The lowest BCUT2D eigenvalue weighted by molar-refractivity contribution is -0.136. The Bertz CT molecular complexity index is 948. The molecule has 0 saturated carbocycles. The normalized spacial score (nSPS) is 17.3. The van der Waals surface area contributed by atoms with E-state index in [4.69, 9.17) is 9.52 Å². The summed E-state index contributed by atoms with van der Waals surface area (Å²) < 4.78 is 5.47. The third-order valence-electron chi connectivity index (χ3n) is 4.52. The van der Waals surface area contributed by atoms with Crippen LogP contribution in [-0.2, 0) is 20.8 Å². The monoisotopic (exact) mass is 383 g/mol. The molecule has 7 heteroatoms. The number of carbonyl (C=O) groups is 3. The molecule has 0 radical (unpaired) electrons. The molecule has 3 rings (SSSR count). The highest BCUT2D eigenvalue weighted by molar-refractivity contribution is 6.17. The summed E-state index contributed by atoms with van der Waals surface area (Å²) in [5, 5.41) is 19.4. The second-order valence-electron chi connectivity index (χ2n) is 7.67. The van der Waals surface area contributed by atoms with Crippen LogP contribution in [0.3, 0.4) is 0 Å². The van der Waals surface area contributed by atoms with Crippen molar-refractivity contribution in [2.45, 2.75) is 33.2 Å². The van der Waals surface area contributed by atoms with Crippen molar-refractivity contribution >= 4 is 23.3 Å². The van der Waals surface area contributed by atoms with Crippen molar-refractivity contribution in [1.82, 2.24) is 0 Å². The van der Waals surface area contributed by atoms with Crippen molar-refractivity contribution in [2.75, 3.05) is 4.90 Å². The number of ketones is 1. The van der Waals surface area contributed by atoms with Crippen LogP contribution < -0.4 is 4.90 Å². The van der Waals surface area contributed by atoms with Crippen molar-refractivity contribution in [3.05, 3.63) is 65.3 Å². The number of aliphatic carboxylic acids is 1. The van der Waals surface area contributed by atoms with Crippen LogP contribution in [-0.4, -0.2) is 27.9 Å². The van der Waals surface area contributed by atoms with Gasteiger partial charge in [0.25, 0.3) is 5.91 Å². The van der Waals surface area contributed by atoms with Crippen LogP contribution >= 0.6 is 0 Å². The number of nitrogens with zero attached hydrogens (tertiary/aromatic N) is 1. The van der Waals surface area contributed by atoms with Gasteiger partial charge in [-0.05, 0) is 29.8 Å². The van der Waals surface area contributed by atoms with Gasteiger partial charge in [-0.1, -0.05) is 32.9 Å². The lowest BCUT2D eigenvalue weighted by Gasteiger charge is -2.27. The first kappa shape index (κ1) is 19.4. The molecule has 1 aliphatic heterocycles. The summed E-state index contributed by atoms with van der Waals surface area (Å²) in [6, 6.07) is 8.74. The average Bonchev–Trinajstić information content (AvgIpc) is 3.22. The molecule has 7 nitrogen and oxygen atoms in total. The first-order valence-corrected chi connectivity index (χ1v) is 8.77. The number of carboxylic acids is 1. The molecule has 1 aromatic heterocycles. The van der Waals surface area contributed by atoms with Gasteiger partial charge in [-0.15, -0.1) is 0 Å². The van der Waals surface area contributed by atoms with Crippen LogP contribution in [0.1, 0.15) is 38.1 Å². The maximum Gasteiger partial charge on any atom is 0.307 e. The van der Waals surface area contributed by atoms with Gasteiger partial charge >= 0.3 is 5.97 Å². The quantitative estimate of drug-likeness (QED) is 0.819. The van der Waals surface area contributed by atoms with Gasteiger partial charge in [0.1, 0.15) is 11.8 Å². The van der Waals surface area contributed by atoms with E-state index in [9.17, 15) is 19.5 Å². The molecule has 1 atom stereocenters. The third kappa shape index (κ3) is 3.43. The minimum absolute atomic E-state index is 0.0120. The van der Waals surface area contributed by atoms with Crippen molar-refractivity contribution in [3.63, 3.8) is 0 Å². The van der Waals surface area contributed by atoms with Crippen LogP contribution in [0.2, 0.25) is 0 Å². The molecule has 146 valence electrons. The number of amides is 1. The molecule has 0 saturated heterocycles. The van der Waals surface area contributed by atoms with Crippen molar-refractivity contribution in [3.8, 4) is 0 Å². The number of anilines is 1. The van der Waals surface area contributed by atoms with Gasteiger partial charge in [-0.25, -0.2) is 0 Å². The Balaban J connectivity index is 2.07. The Morgan fingerprint density at radius 2 is 1.79 bits per heavy atom. The minimum atomic E-state index is -0.962. The zero-order valence-corrected chi connectivity index (χ0v) is 15.8. The molecule has 0 aliphatic carbocycles. The topological polar surface area (TPSA) is 108 Å². The largest absolute Gasteiger partial charge is 0.503 e. The fourth-order valence-electron chi connectivity index (χ4n) is 3.17. The molecular formula is C21H21NO6. The molecule has 0 bridgehead atoms. The van der Waals surface area contributed by atoms with E-state index in [1.54, 1.807) is 57.2 Å². The van der Waals surface area contributed by atoms with Gasteiger partial charge in [-0.3, -0.25) is 19.3 Å². The number of aliphatic hydroxyl groups excluding tert-OH is 1. The molecule has 2 N–H and O–H groups in total. The zero-order chi connectivity index (χ0) is 20.6. The molecule has 2 heterocycles. The van der Waals surface area contributed by atoms with Gasteiger partial charge < -0.3 is 14.6 Å². The van der Waals surface area contributed by atoms with Gasteiger partial charge in [0.2, 0.25) is 0 Å². The van der Waals surface area contributed by atoms with Crippen LogP contribution in [0.15, 0.2) is 58.4 Å². The zero-order valence-electron chi connectivity index (χ0n) is 15.8. The number of carboxylic acid groups (broad SMARTS) is 1. The Morgan fingerprint density at radius 3 is 2.29 bits per heavy atom. The second-order valence-corrected chi connectivity index (χ2v) is 7.67. The summed E-state index contributed by atoms with van der Waals surface area (Å²) in [6.45, 7) is 5.13. The average molecular weight is 383 g/mol. The number of rotatable bonds is 5. The molecule has 1 unspecified atom stereocenters. The lowest BCUT2D eigenvalue weighted by Crippen LogP contribution is -2.32. The summed E-state index contributed by atoms with van der Waals surface area (Å²) in [5.41, 5.74) is 0.168. The summed E-state index contributed by atoms with van der Waals surface area (Å²) in [6.07, 6.45) is 1.29. The van der Waals surface area contributed by atoms with Gasteiger partial charge in [0.15, 0.2) is 11.5 Å². The highest BCUT2D eigenvalue weighted by Crippen LogP contribution is 2.43. The standard InChI is InChI=1S/C21H21NO6/c1-21(2,3)19(26)16-17(14-5-4-10-28-14)22(20(27)18(16)25)13-8-6-12(7-9-13)11-15(23)24/h4-10,17,25H,11H2,1-3H3,(H,23,24). The van der Waals surface area contributed by atoms with Gasteiger partial charge in [0, 0.05) is 11.1 Å². The fraction of sp³-hybridized carbons (Fsp3) is 0.286. The molecule has 0 fully saturated rings. The fourth-order valence-corrected chi connectivity index (χ4v) is 3.17. The molecule has 1 aliphatic rings. The summed E-state index contributed by atoms with van der Waals surface area (Å²) in [4.78, 5) is 38.0. The maximum atomic E-state index is 13.0. The van der Waals surface area contributed by atoms with Crippen molar-refractivity contribution in [1.29, 1.82) is 0 Å². The Kier molecular flexibility index (Phi) is 4.85. The van der Waals surface area contributed by atoms with E-state index in [1.807, 2.05) is 0 Å². The summed E-state index contributed by atoms with van der Waals surface area (Å²) in [5.74, 6) is -2.28. The molecule has 1 amide bonds. The number of furan rings is 1. The predicted octanol–water partition coefficient (Wildman–Crippen LogP) is 3.42. The Morgan fingerprint density at radius 1 is 1.14 bits per heavy atom. The highest BCUT2D eigenvalue weighted by Gasteiger charge is 2.47. The molecule has 2 aromatic rings. The van der Waals surface area contributed by atoms with Gasteiger partial charge in [-0.2, -0.15) is 0 Å². The first-order chi connectivity index (χ1) is 13.1. The van der Waals surface area contributed by atoms with Crippen LogP contribution in [0.4, 0.5) is 5.69 Å². The van der Waals surface area contributed by atoms with Crippen LogP contribution in [0.25, 0.3) is 0 Å². The molecule has 28 heavy (non-hydrogen) atoms. The Hall–Kier alpha value is -3.35. The smallest absolute Gasteiger partial charge is 0.307 e. The number of Topliss-reactive ketones (excluding diaryl/α,β-unsaturated/α-hetero) is 1. The summed E-state index contributed by atoms with van der Waals surface area (Å²) in [7, 11) is 0. The van der Waals surface area contributed by atoms with E-state index >= 15 is 0 Å². The van der Waals surface area contributed by atoms with Gasteiger partial charge in [0.05, 0.1) is 18.3 Å². The molecule has 1 aromatic carbocycles. The number of hydrogen-bond donors (Lipinski definition) is 2. The highest BCUT2D eigenvalue weighted by atomic mass is 16.4. The van der Waals surface area contributed by atoms with Crippen molar-refractivity contribution < 1.29 is 29.0 Å². The van der Waals surface area contributed by atoms with Crippen molar-refractivity contribution in [2.24, 2.45) is 5.41 Å². The summed E-state index contributed by atoms with van der Waals surface area (Å²) >= 11 is 0. The minimum Gasteiger partial charge on any atom is -0.503 e. The van der Waals surface area contributed by atoms with Crippen LogP contribution in [0.5, 0.6) is 0 Å². The van der Waals surface area contributed by atoms with E-state index in [0.29, 0.717) is 17.0 Å². The lowest BCUT2D eigenvalue weighted by atomic mass is 9.83. The number of benzene rings is 1. The number of carbonyl (C=O) groups excluding carboxylic acids is 2. The van der Waals surface area contributed by atoms with Crippen LogP contribution in [0, 0.1) is 5.41 Å². The maximum absolute atomic E-state index is 13.0. The van der Waals surface area contributed by atoms with E-state index in [0.717, 1.165) is 0 Å². The predicted molar refractivity (Wildman–Crippen MR) is 101 cm³/mol. The van der Waals surface area contributed by atoms with E-state index in [1.165, 1.54) is 11.2 Å². The SMILES string of the molecule is CC(C)(C)C(=O)C1=C(O)C(=O)N(c2ccc(CC(=O)O)cc2)C1c1ccco1. The molecule has 0 spiro atoms. The van der Waals surface area contributed by atoms with E-state index in [-0.39, 0.29) is 17.8 Å². The van der Waals surface area contributed by atoms with E-state index < -0.39 is 29.1 Å². The Labute approximate surface area is 161 Å². The second kappa shape index (κ2) is 6.99.